The molecule has 0 unspecified atom stereocenters. The van der Waals surface area contributed by atoms with Crippen LogP contribution in [0.1, 0.15) is 35.7 Å². The van der Waals surface area contributed by atoms with Crippen molar-refractivity contribution < 1.29 is 14.4 Å². The van der Waals surface area contributed by atoms with E-state index in [1.165, 1.54) is 11.3 Å². The minimum Gasteiger partial charge on any atom is -0.338 e. The number of nitrogens with zero attached hydrogens (tertiary/aromatic N) is 3. The molecule has 0 bridgehead atoms. The van der Waals surface area contributed by atoms with Crippen LogP contribution < -0.4 is 16.0 Å². The zero-order chi connectivity index (χ0) is 23.7. The van der Waals surface area contributed by atoms with Crippen LogP contribution in [0.2, 0.25) is 0 Å². The summed E-state index contributed by atoms with van der Waals surface area (Å²) in [5.74, 6) is 0.362. The summed E-state index contributed by atoms with van der Waals surface area (Å²) < 4.78 is 0.926. The minimum atomic E-state index is -0.839. The molecule has 0 radical (unpaired) electrons. The number of amides is 4. The first kappa shape index (κ1) is 22.1. The lowest BCUT2D eigenvalue weighted by atomic mass is 9.87. The summed E-state index contributed by atoms with van der Waals surface area (Å²) in [6.45, 7) is 3.13. The minimum absolute atomic E-state index is 0.113. The molecule has 1 spiro atoms. The second-order valence-electron chi connectivity index (χ2n) is 8.41. The molecule has 4 N–H and O–H groups in total. The summed E-state index contributed by atoms with van der Waals surface area (Å²) in [5, 5.41) is 16.5. The van der Waals surface area contributed by atoms with Gasteiger partial charge in [0.1, 0.15) is 16.4 Å². The van der Waals surface area contributed by atoms with E-state index < -0.39 is 5.54 Å². The number of aliphatic imine (C=N–C) groups is 1. The fourth-order valence-electron chi connectivity index (χ4n) is 4.47. The Hall–Kier alpha value is -3.73. The maximum absolute atomic E-state index is 13.6. The number of benzene rings is 1. The number of piperidine rings is 1. The van der Waals surface area contributed by atoms with E-state index in [1.807, 2.05) is 31.2 Å². The third kappa shape index (κ3) is 4.03. The van der Waals surface area contributed by atoms with Gasteiger partial charge in [0.15, 0.2) is 0 Å². The number of likely N-dealkylation sites (tertiary alicyclic amines) is 1. The number of H-pyrrole nitrogens is 1. The van der Waals surface area contributed by atoms with Gasteiger partial charge in [-0.3, -0.25) is 25.0 Å². The van der Waals surface area contributed by atoms with E-state index >= 15 is 0 Å². The van der Waals surface area contributed by atoms with E-state index in [4.69, 9.17) is 4.99 Å². The van der Waals surface area contributed by atoms with Gasteiger partial charge in [-0.25, -0.2) is 4.79 Å². The number of carbonyl (C=O) groups is 3. The summed E-state index contributed by atoms with van der Waals surface area (Å²) in [5.41, 5.74) is 0.595. The number of fused-ring (bicyclic) bond motifs is 1. The molecular formula is C23H25N7O3S. The Morgan fingerprint density at radius 3 is 2.76 bits per heavy atom. The van der Waals surface area contributed by atoms with Gasteiger partial charge in [0.05, 0.1) is 11.8 Å². The van der Waals surface area contributed by atoms with Crippen LogP contribution in [0.5, 0.6) is 0 Å². The first-order valence-electron chi connectivity index (χ1n) is 11.2. The molecule has 0 atom stereocenters. The largest absolute Gasteiger partial charge is 0.338 e. The van der Waals surface area contributed by atoms with Crippen LogP contribution in [0, 0.1) is 0 Å². The summed E-state index contributed by atoms with van der Waals surface area (Å²) in [4.78, 5) is 45.1. The molecule has 176 valence electrons. The van der Waals surface area contributed by atoms with Crippen molar-refractivity contribution in [2.75, 3.05) is 25.0 Å². The highest BCUT2D eigenvalue weighted by Crippen LogP contribution is 2.38. The molecule has 2 aliphatic rings. The van der Waals surface area contributed by atoms with Crippen molar-refractivity contribution in [1.29, 1.82) is 0 Å². The van der Waals surface area contributed by atoms with Gasteiger partial charge in [0, 0.05) is 42.3 Å². The normalized spacial score (nSPS) is 17.0. The van der Waals surface area contributed by atoms with Crippen molar-refractivity contribution in [2.45, 2.75) is 31.7 Å². The number of hydrogen-bond donors (Lipinski definition) is 4. The molecule has 1 aromatic carbocycles. The summed E-state index contributed by atoms with van der Waals surface area (Å²) >= 11 is 1.38. The van der Waals surface area contributed by atoms with Crippen LogP contribution in [0.3, 0.4) is 0 Å². The molecule has 1 saturated heterocycles. The van der Waals surface area contributed by atoms with Gasteiger partial charge in [-0.15, -0.1) is 11.3 Å². The highest BCUT2D eigenvalue weighted by atomic mass is 32.1. The average molecular weight is 480 g/mol. The molecule has 4 heterocycles. The number of aromatic amines is 1. The molecule has 1 fully saturated rings. The Morgan fingerprint density at radius 2 is 2.03 bits per heavy atom. The highest BCUT2D eigenvalue weighted by Gasteiger charge is 2.46. The van der Waals surface area contributed by atoms with Gasteiger partial charge in [-0.2, -0.15) is 5.10 Å². The van der Waals surface area contributed by atoms with E-state index in [1.54, 1.807) is 17.3 Å². The molecule has 2 aliphatic heterocycles. The average Bonchev–Trinajstić information content (AvgIpc) is 3.53. The predicted octanol–water partition coefficient (Wildman–Crippen LogP) is 2.51. The van der Waals surface area contributed by atoms with Gasteiger partial charge in [-0.05, 0) is 31.4 Å². The monoisotopic (exact) mass is 479 g/mol. The van der Waals surface area contributed by atoms with E-state index in [9.17, 15) is 14.4 Å². The van der Waals surface area contributed by atoms with Gasteiger partial charge >= 0.3 is 6.03 Å². The van der Waals surface area contributed by atoms with E-state index in [-0.39, 0.29) is 17.8 Å². The molecule has 0 saturated carbocycles. The van der Waals surface area contributed by atoms with Crippen molar-refractivity contribution in [2.24, 2.45) is 4.99 Å². The predicted molar refractivity (Wildman–Crippen MR) is 130 cm³/mol. The smallest absolute Gasteiger partial charge is 0.319 e. The molecule has 34 heavy (non-hydrogen) atoms. The molecule has 3 aromatic rings. The maximum atomic E-state index is 13.6. The summed E-state index contributed by atoms with van der Waals surface area (Å²) in [6, 6.07) is 7.27. The molecular weight excluding hydrogens is 454 g/mol. The molecule has 10 nitrogen and oxygen atoms in total. The Labute approximate surface area is 199 Å². The fourth-order valence-corrected chi connectivity index (χ4v) is 5.56. The number of thiophene rings is 1. The number of amidine groups is 1. The topological polar surface area (TPSA) is 132 Å². The molecule has 11 heteroatoms. The lowest BCUT2D eigenvalue weighted by Gasteiger charge is -2.35. The van der Waals surface area contributed by atoms with Crippen molar-refractivity contribution in [3.8, 4) is 0 Å². The molecule has 5 rings (SSSR count). The number of rotatable bonds is 5. The van der Waals surface area contributed by atoms with E-state index in [0.29, 0.717) is 55.3 Å². The number of hydrogen-bond acceptors (Lipinski definition) is 6. The van der Waals surface area contributed by atoms with Gasteiger partial charge in [0.2, 0.25) is 0 Å². The van der Waals surface area contributed by atoms with Gasteiger partial charge in [-0.1, -0.05) is 18.2 Å². The molecule has 4 amide bonds. The second kappa shape index (κ2) is 8.90. The Bertz CT molecular complexity index is 1270. The van der Waals surface area contributed by atoms with Crippen LogP contribution in [-0.4, -0.2) is 64.0 Å². The maximum Gasteiger partial charge on any atom is 0.319 e. The van der Waals surface area contributed by atoms with Gasteiger partial charge < -0.3 is 15.5 Å². The lowest BCUT2D eigenvalue weighted by molar-refractivity contribution is -0.125. The van der Waals surface area contributed by atoms with Crippen molar-refractivity contribution in [3.05, 3.63) is 47.8 Å². The lowest BCUT2D eigenvalue weighted by Crippen LogP contribution is -2.50. The Morgan fingerprint density at radius 1 is 1.24 bits per heavy atom. The van der Waals surface area contributed by atoms with Crippen molar-refractivity contribution in [3.63, 3.8) is 0 Å². The standard InChI is InChI=1S/C23H25N7O3S/c1-2-24-22(33)28-19-18(15-5-3-4-6-16(15)34-19)20(31)30-9-7-23(8-10-30)21(32)27-17(29-23)11-14-12-25-26-13-14/h3-6,12-13H,2,7-11H2,1H3,(H,25,26)(H2,24,28,33)(H,27,29,32). The van der Waals surface area contributed by atoms with E-state index in [0.717, 1.165) is 15.6 Å². The first-order chi connectivity index (χ1) is 16.5. The third-order valence-corrected chi connectivity index (χ3v) is 7.29. The number of carbonyl (C=O) groups excluding carboxylic acids is 3. The van der Waals surface area contributed by atoms with Crippen LogP contribution in [0.4, 0.5) is 9.80 Å². The second-order valence-corrected chi connectivity index (χ2v) is 9.46. The number of urea groups is 1. The van der Waals surface area contributed by atoms with Crippen LogP contribution in [0.15, 0.2) is 41.7 Å². The van der Waals surface area contributed by atoms with Crippen LogP contribution in [0.25, 0.3) is 10.1 Å². The quantitative estimate of drug-likeness (QED) is 0.448. The van der Waals surface area contributed by atoms with Crippen molar-refractivity contribution in [1.82, 2.24) is 25.7 Å². The zero-order valence-corrected chi connectivity index (χ0v) is 19.5. The highest BCUT2D eigenvalue weighted by molar-refractivity contribution is 7.23. The number of aromatic nitrogens is 2. The molecule has 2 aromatic heterocycles. The summed E-state index contributed by atoms with van der Waals surface area (Å²) in [6.07, 6.45) is 4.88. The third-order valence-electron chi connectivity index (χ3n) is 6.21. The zero-order valence-electron chi connectivity index (χ0n) is 18.7. The SMILES string of the molecule is CCNC(=O)Nc1sc2ccccc2c1C(=O)N1CCC2(CC1)N=C(Cc1cn[nH]c1)NC2=O. The van der Waals surface area contributed by atoms with Gasteiger partial charge in [0.25, 0.3) is 11.8 Å². The summed E-state index contributed by atoms with van der Waals surface area (Å²) in [7, 11) is 0. The Balaban J connectivity index is 1.35. The van der Waals surface area contributed by atoms with E-state index in [2.05, 4.69) is 26.1 Å². The first-order valence-corrected chi connectivity index (χ1v) is 12.0. The van der Waals surface area contributed by atoms with Crippen LogP contribution in [-0.2, 0) is 11.2 Å². The Kier molecular flexibility index (Phi) is 5.78. The molecule has 0 aliphatic carbocycles. The number of nitrogens with one attached hydrogen (secondary N) is 4. The fraction of sp³-hybridized carbons (Fsp3) is 0.348. The van der Waals surface area contributed by atoms with Crippen molar-refractivity contribution >= 4 is 50.1 Å². The number of anilines is 1. The van der Waals surface area contributed by atoms with Crippen LogP contribution >= 0.6 is 11.3 Å².